The molecule has 3 aromatic rings. The minimum absolute atomic E-state index is 0.0611. The second-order valence-corrected chi connectivity index (χ2v) is 9.94. The van der Waals surface area contributed by atoms with Gasteiger partial charge in [-0.3, -0.25) is 14.2 Å². The number of para-hydroxylation sites is 1. The van der Waals surface area contributed by atoms with E-state index in [0.29, 0.717) is 5.69 Å². The van der Waals surface area contributed by atoms with Crippen LogP contribution in [0.5, 0.6) is 0 Å². The van der Waals surface area contributed by atoms with Crippen LogP contribution < -0.4 is 14.8 Å². The van der Waals surface area contributed by atoms with E-state index in [1.807, 2.05) is 0 Å². The van der Waals surface area contributed by atoms with Gasteiger partial charge in [-0.15, -0.1) is 0 Å². The number of benzene rings is 3. The smallest absolute Gasteiger partial charge is 0.261 e. The summed E-state index contributed by atoms with van der Waals surface area (Å²) in [6, 6.07) is 16.3. The molecule has 1 amide bonds. The Morgan fingerprint density at radius 1 is 0.774 bits per heavy atom. The number of amides is 1. The normalized spacial score (nSPS) is 11.5. The van der Waals surface area contributed by atoms with E-state index < -0.39 is 31.8 Å². The maximum atomic E-state index is 13.0. The summed E-state index contributed by atoms with van der Waals surface area (Å²) < 4.78 is 65.5. The Kier molecular flexibility index (Phi) is 6.27. The Labute approximate surface area is 179 Å². The summed E-state index contributed by atoms with van der Waals surface area (Å²) in [4.78, 5) is 12.5. The Hall–Kier alpha value is -3.44. The lowest BCUT2D eigenvalue weighted by atomic mass is 10.1. The predicted octanol–water partition coefficient (Wildman–Crippen LogP) is 3.25. The molecule has 0 radical (unpaired) electrons. The number of halogens is 1. The third-order valence-corrected chi connectivity index (χ3v) is 5.97. The van der Waals surface area contributed by atoms with E-state index in [1.165, 1.54) is 48.5 Å². The van der Waals surface area contributed by atoms with Crippen LogP contribution in [0.4, 0.5) is 21.5 Å². The number of carbonyl (C=O) groups excluding carboxylic acids is 1. The van der Waals surface area contributed by atoms with Gasteiger partial charge >= 0.3 is 0 Å². The fraction of sp³-hybridized carbons (Fsp3) is 0.0500. The van der Waals surface area contributed by atoms with Crippen molar-refractivity contribution in [2.75, 3.05) is 21.0 Å². The van der Waals surface area contributed by atoms with Crippen LogP contribution in [0.3, 0.4) is 0 Å². The summed E-state index contributed by atoms with van der Waals surface area (Å²) in [5.74, 6) is -1.07. The maximum Gasteiger partial charge on any atom is 0.261 e. The van der Waals surface area contributed by atoms with Gasteiger partial charge in [0, 0.05) is 11.4 Å². The highest BCUT2D eigenvalue weighted by atomic mass is 32.2. The van der Waals surface area contributed by atoms with Gasteiger partial charge in [0.2, 0.25) is 10.0 Å². The molecular formula is C20H18FN3O5S2. The van der Waals surface area contributed by atoms with Crippen LogP contribution in [0.25, 0.3) is 0 Å². The first kappa shape index (κ1) is 22.2. The molecule has 0 bridgehead atoms. The van der Waals surface area contributed by atoms with Crippen molar-refractivity contribution in [3.63, 3.8) is 0 Å². The maximum absolute atomic E-state index is 13.0. The van der Waals surface area contributed by atoms with Crippen molar-refractivity contribution >= 4 is 43.0 Å². The van der Waals surface area contributed by atoms with Crippen LogP contribution in [-0.2, 0) is 20.0 Å². The van der Waals surface area contributed by atoms with Gasteiger partial charge in [-0.05, 0) is 60.7 Å². The van der Waals surface area contributed by atoms with Crippen molar-refractivity contribution in [2.24, 2.45) is 0 Å². The molecule has 0 atom stereocenters. The van der Waals surface area contributed by atoms with Crippen molar-refractivity contribution in [1.82, 2.24) is 0 Å². The molecule has 0 aromatic heterocycles. The fourth-order valence-corrected chi connectivity index (χ4v) is 4.25. The van der Waals surface area contributed by atoms with Crippen LogP contribution in [0.15, 0.2) is 77.7 Å². The van der Waals surface area contributed by atoms with Gasteiger partial charge in [-0.2, -0.15) is 0 Å². The van der Waals surface area contributed by atoms with Crippen molar-refractivity contribution in [3.8, 4) is 0 Å². The lowest BCUT2D eigenvalue weighted by Crippen LogP contribution is -2.17. The number of nitrogens with one attached hydrogen (secondary N) is 3. The monoisotopic (exact) mass is 463 g/mol. The molecular weight excluding hydrogens is 445 g/mol. The van der Waals surface area contributed by atoms with Gasteiger partial charge in [0.15, 0.2) is 0 Å². The first-order valence-electron chi connectivity index (χ1n) is 8.80. The molecule has 8 nitrogen and oxygen atoms in total. The zero-order chi connectivity index (χ0) is 22.6. The van der Waals surface area contributed by atoms with E-state index in [-0.39, 0.29) is 21.8 Å². The molecule has 0 heterocycles. The summed E-state index contributed by atoms with van der Waals surface area (Å²) in [6.07, 6.45) is 0.973. The van der Waals surface area contributed by atoms with Crippen LogP contribution in [0.2, 0.25) is 0 Å². The molecule has 3 aromatic carbocycles. The molecule has 11 heteroatoms. The Bertz CT molecular complexity index is 1310. The summed E-state index contributed by atoms with van der Waals surface area (Å²) in [5.41, 5.74) is 0.724. The lowest BCUT2D eigenvalue weighted by Gasteiger charge is -2.12. The second kappa shape index (κ2) is 8.74. The molecule has 0 aliphatic carbocycles. The standard InChI is InChI=1S/C20H18FN3O5S2/c1-30(26,27)24-19-5-3-2-4-18(19)20(25)22-15-10-12-17(13-11-15)31(28,29)23-16-8-6-14(21)7-9-16/h2-13,23-24H,1H3,(H,22,25). The summed E-state index contributed by atoms with van der Waals surface area (Å²) in [5, 5.41) is 2.59. The van der Waals surface area contributed by atoms with E-state index in [4.69, 9.17) is 0 Å². The highest BCUT2D eigenvalue weighted by Crippen LogP contribution is 2.21. The first-order valence-corrected chi connectivity index (χ1v) is 12.2. The van der Waals surface area contributed by atoms with Gasteiger partial charge in [0.05, 0.1) is 22.4 Å². The van der Waals surface area contributed by atoms with Crippen LogP contribution >= 0.6 is 0 Å². The molecule has 31 heavy (non-hydrogen) atoms. The average Bonchev–Trinajstić information content (AvgIpc) is 2.69. The average molecular weight is 464 g/mol. The summed E-state index contributed by atoms with van der Waals surface area (Å²) in [6.45, 7) is 0. The van der Waals surface area contributed by atoms with Gasteiger partial charge < -0.3 is 5.32 Å². The number of anilines is 3. The number of rotatable bonds is 7. The predicted molar refractivity (Wildman–Crippen MR) is 117 cm³/mol. The van der Waals surface area contributed by atoms with E-state index in [9.17, 15) is 26.0 Å². The minimum Gasteiger partial charge on any atom is -0.322 e. The third-order valence-electron chi connectivity index (χ3n) is 3.99. The molecule has 0 saturated carbocycles. The van der Waals surface area contributed by atoms with Gasteiger partial charge in [-0.1, -0.05) is 12.1 Å². The molecule has 162 valence electrons. The fourth-order valence-electron chi connectivity index (χ4n) is 2.62. The molecule has 3 N–H and O–H groups in total. The van der Waals surface area contributed by atoms with E-state index in [2.05, 4.69) is 14.8 Å². The number of hydrogen-bond donors (Lipinski definition) is 3. The van der Waals surface area contributed by atoms with E-state index in [0.717, 1.165) is 18.4 Å². The Balaban J connectivity index is 1.75. The van der Waals surface area contributed by atoms with Crippen molar-refractivity contribution in [1.29, 1.82) is 0 Å². The highest BCUT2D eigenvalue weighted by molar-refractivity contribution is 7.92. The Morgan fingerprint density at radius 3 is 1.97 bits per heavy atom. The number of carbonyl (C=O) groups is 1. The zero-order valence-corrected chi connectivity index (χ0v) is 17.8. The van der Waals surface area contributed by atoms with E-state index >= 15 is 0 Å². The second-order valence-electron chi connectivity index (χ2n) is 6.51. The molecule has 0 unspecified atom stereocenters. The zero-order valence-electron chi connectivity index (χ0n) is 16.2. The summed E-state index contributed by atoms with van der Waals surface area (Å²) >= 11 is 0. The molecule has 0 fully saturated rings. The van der Waals surface area contributed by atoms with Crippen LogP contribution in [0, 0.1) is 5.82 Å². The van der Waals surface area contributed by atoms with Crippen LogP contribution in [-0.4, -0.2) is 29.0 Å². The highest BCUT2D eigenvalue weighted by Gasteiger charge is 2.16. The quantitative estimate of drug-likeness (QED) is 0.497. The van der Waals surface area contributed by atoms with Crippen molar-refractivity contribution < 1.29 is 26.0 Å². The number of hydrogen-bond acceptors (Lipinski definition) is 5. The van der Waals surface area contributed by atoms with Crippen LogP contribution in [0.1, 0.15) is 10.4 Å². The molecule has 0 saturated heterocycles. The third kappa shape index (κ3) is 6.03. The minimum atomic E-state index is -3.91. The first-order chi connectivity index (χ1) is 14.5. The van der Waals surface area contributed by atoms with Gasteiger partial charge in [0.1, 0.15) is 5.82 Å². The molecule has 0 spiro atoms. The topological polar surface area (TPSA) is 121 Å². The van der Waals surface area contributed by atoms with Crippen molar-refractivity contribution in [2.45, 2.75) is 4.90 Å². The lowest BCUT2D eigenvalue weighted by molar-refractivity contribution is 0.102. The molecule has 0 aliphatic heterocycles. The van der Waals surface area contributed by atoms with E-state index in [1.54, 1.807) is 12.1 Å². The molecule has 0 aliphatic rings. The largest absolute Gasteiger partial charge is 0.322 e. The van der Waals surface area contributed by atoms with Crippen molar-refractivity contribution in [3.05, 3.63) is 84.2 Å². The Morgan fingerprint density at radius 2 is 1.35 bits per heavy atom. The van der Waals surface area contributed by atoms with Gasteiger partial charge in [-0.25, -0.2) is 21.2 Å². The molecule has 3 rings (SSSR count). The number of sulfonamides is 2. The summed E-state index contributed by atoms with van der Waals surface area (Å²) in [7, 11) is -7.49. The SMILES string of the molecule is CS(=O)(=O)Nc1ccccc1C(=O)Nc1ccc(S(=O)(=O)Nc2ccc(F)cc2)cc1. The van der Waals surface area contributed by atoms with Gasteiger partial charge in [0.25, 0.3) is 15.9 Å².